The van der Waals surface area contributed by atoms with Crippen LogP contribution in [0.5, 0.6) is 0 Å². The molecule has 1 aromatic heterocycles. The third-order valence-electron chi connectivity index (χ3n) is 2.77. The number of methoxy groups -OCH3 is 1. The summed E-state index contributed by atoms with van der Waals surface area (Å²) in [6.45, 7) is 5.23. The van der Waals surface area contributed by atoms with Gasteiger partial charge in [-0.1, -0.05) is 6.07 Å². The van der Waals surface area contributed by atoms with E-state index in [4.69, 9.17) is 9.47 Å². The first kappa shape index (κ1) is 16.0. The molecule has 108 valence electrons. The number of ether oxygens (including phenoxy) is 2. The molecule has 0 amide bonds. The fourth-order valence-corrected chi connectivity index (χ4v) is 1.67. The minimum absolute atomic E-state index is 0.00661. The molecular formula is C14H24N2O3. The van der Waals surface area contributed by atoms with E-state index in [-0.39, 0.29) is 12.1 Å². The lowest BCUT2D eigenvalue weighted by Crippen LogP contribution is -2.33. The van der Waals surface area contributed by atoms with Gasteiger partial charge in [-0.05, 0) is 26.0 Å². The Morgan fingerprint density at radius 1 is 1.32 bits per heavy atom. The number of nitrogens with zero attached hydrogens (tertiary/aromatic N) is 1. The first-order chi connectivity index (χ1) is 9.13. The van der Waals surface area contributed by atoms with E-state index >= 15 is 0 Å². The predicted octanol–water partition coefficient (Wildman–Crippen LogP) is 1.14. The van der Waals surface area contributed by atoms with Gasteiger partial charge in [0.1, 0.15) is 0 Å². The Bertz CT molecular complexity index is 335. The molecule has 0 bridgehead atoms. The fourth-order valence-electron chi connectivity index (χ4n) is 1.67. The van der Waals surface area contributed by atoms with E-state index in [9.17, 15) is 5.11 Å². The molecule has 1 heterocycles. The molecule has 19 heavy (non-hydrogen) atoms. The SMILES string of the molecule is COCC(C)OCC(O)CN[C@H](C)c1ccccn1. The van der Waals surface area contributed by atoms with E-state index in [0.29, 0.717) is 19.8 Å². The largest absolute Gasteiger partial charge is 0.389 e. The third-order valence-corrected chi connectivity index (χ3v) is 2.77. The Balaban J connectivity index is 2.21. The minimum atomic E-state index is -0.537. The molecule has 0 saturated heterocycles. The minimum Gasteiger partial charge on any atom is -0.389 e. The maximum atomic E-state index is 9.81. The van der Waals surface area contributed by atoms with Crippen molar-refractivity contribution < 1.29 is 14.6 Å². The Hall–Kier alpha value is -1.01. The molecule has 1 rings (SSSR count). The van der Waals surface area contributed by atoms with Gasteiger partial charge in [-0.25, -0.2) is 0 Å². The Labute approximate surface area is 115 Å². The zero-order chi connectivity index (χ0) is 14.1. The second-order valence-corrected chi connectivity index (χ2v) is 4.64. The van der Waals surface area contributed by atoms with Gasteiger partial charge in [-0.15, -0.1) is 0 Å². The molecule has 5 nitrogen and oxygen atoms in total. The number of pyridine rings is 1. The average molecular weight is 268 g/mol. The maximum Gasteiger partial charge on any atom is 0.0898 e. The molecule has 2 unspecified atom stereocenters. The second kappa shape index (κ2) is 8.98. The average Bonchev–Trinajstić information content (AvgIpc) is 2.44. The number of hydrogen-bond acceptors (Lipinski definition) is 5. The lowest BCUT2D eigenvalue weighted by molar-refractivity contribution is -0.0315. The summed E-state index contributed by atoms with van der Waals surface area (Å²) in [6, 6.07) is 5.90. The van der Waals surface area contributed by atoms with Crippen LogP contribution in [0.4, 0.5) is 0 Å². The summed E-state index contributed by atoms with van der Waals surface area (Å²) in [7, 11) is 1.63. The second-order valence-electron chi connectivity index (χ2n) is 4.64. The standard InChI is InChI=1S/C14H24N2O3/c1-11(9-18-3)19-10-13(17)8-16-12(2)14-6-4-5-7-15-14/h4-7,11-13,16-17H,8-10H2,1-3H3/t11?,12-,13?/m1/s1. The summed E-state index contributed by atoms with van der Waals surface area (Å²) < 4.78 is 10.4. The molecule has 0 spiro atoms. The molecule has 0 aliphatic rings. The highest BCUT2D eigenvalue weighted by atomic mass is 16.5. The van der Waals surface area contributed by atoms with Crippen LogP contribution in [0.2, 0.25) is 0 Å². The van der Waals surface area contributed by atoms with E-state index in [2.05, 4.69) is 10.3 Å². The number of aliphatic hydroxyl groups excluding tert-OH is 1. The normalized spacial score (nSPS) is 16.0. The van der Waals surface area contributed by atoms with Crippen LogP contribution in [0, 0.1) is 0 Å². The van der Waals surface area contributed by atoms with Crippen molar-refractivity contribution in [3.8, 4) is 0 Å². The van der Waals surface area contributed by atoms with Crippen molar-refractivity contribution in [2.24, 2.45) is 0 Å². The van der Waals surface area contributed by atoms with Crippen molar-refractivity contribution in [3.05, 3.63) is 30.1 Å². The maximum absolute atomic E-state index is 9.81. The molecule has 3 atom stereocenters. The number of hydrogen-bond donors (Lipinski definition) is 2. The molecule has 1 aromatic rings. The van der Waals surface area contributed by atoms with Crippen LogP contribution >= 0.6 is 0 Å². The Morgan fingerprint density at radius 3 is 2.74 bits per heavy atom. The molecule has 0 aliphatic heterocycles. The van der Waals surface area contributed by atoms with E-state index < -0.39 is 6.10 Å². The van der Waals surface area contributed by atoms with Gasteiger partial charge in [0.15, 0.2) is 0 Å². The van der Waals surface area contributed by atoms with Crippen molar-refractivity contribution in [2.45, 2.75) is 32.1 Å². The van der Waals surface area contributed by atoms with Gasteiger partial charge in [-0.3, -0.25) is 4.98 Å². The van der Waals surface area contributed by atoms with Gasteiger partial charge < -0.3 is 19.9 Å². The van der Waals surface area contributed by atoms with Crippen molar-refractivity contribution in [3.63, 3.8) is 0 Å². The summed E-state index contributed by atoms with van der Waals surface area (Å²) in [5, 5.41) is 13.0. The molecule has 0 fully saturated rings. The number of rotatable bonds is 9. The highest BCUT2D eigenvalue weighted by Gasteiger charge is 2.11. The smallest absolute Gasteiger partial charge is 0.0898 e. The van der Waals surface area contributed by atoms with Gasteiger partial charge in [0, 0.05) is 25.9 Å². The van der Waals surface area contributed by atoms with Crippen molar-refractivity contribution in [2.75, 3.05) is 26.9 Å². The molecular weight excluding hydrogens is 244 g/mol. The van der Waals surface area contributed by atoms with Crippen molar-refractivity contribution >= 4 is 0 Å². The molecule has 0 radical (unpaired) electrons. The van der Waals surface area contributed by atoms with Crippen LogP contribution in [0.3, 0.4) is 0 Å². The number of aliphatic hydroxyl groups is 1. The summed E-state index contributed by atoms with van der Waals surface area (Å²) in [5.74, 6) is 0. The predicted molar refractivity (Wildman–Crippen MR) is 74.0 cm³/mol. The van der Waals surface area contributed by atoms with Gasteiger partial charge in [0.25, 0.3) is 0 Å². The first-order valence-corrected chi connectivity index (χ1v) is 6.56. The van der Waals surface area contributed by atoms with Crippen LogP contribution in [0.25, 0.3) is 0 Å². The number of aromatic nitrogens is 1. The summed E-state index contributed by atoms with van der Waals surface area (Å²) >= 11 is 0. The number of nitrogens with one attached hydrogen (secondary N) is 1. The molecule has 0 aliphatic carbocycles. The topological polar surface area (TPSA) is 63.6 Å². The third kappa shape index (κ3) is 6.63. The van der Waals surface area contributed by atoms with Gasteiger partial charge in [-0.2, -0.15) is 0 Å². The van der Waals surface area contributed by atoms with Gasteiger partial charge in [0.05, 0.1) is 31.1 Å². The van der Waals surface area contributed by atoms with Crippen LogP contribution < -0.4 is 5.32 Å². The van der Waals surface area contributed by atoms with Crippen LogP contribution in [0.15, 0.2) is 24.4 Å². The van der Waals surface area contributed by atoms with Crippen LogP contribution in [0.1, 0.15) is 25.6 Å². The van der Waals surface area contributed by atoms with E-state index in [1.807, 2.05) is 32.0 Å². The Kier molecular flexibility index (Phi) is 7.59. The lowest BCUT2D eigenvalue weighted by Gasteiger charge is -2.18. The zero-order valence-electron chi connectivity index (χ0n) is 11.9. The van der Waals surface area contributed by atoms with Crippen LogP contribution in [-0.4, -0.2) is 49.2 Å². The summed E-state index contributed by atoms with van der Waals surface area (Å²) in [6.07, 6.45) is 1.22. The van der Waals surface area contributed by atoms with Crippen molar-refractivity contribution in [1.82, 2.24) is 10.3 Å². The first-order valence-electron chi connectivity index (χ1n) is 6.56. The quantitative estimate of drug-likeness (QED) is 0.703. The highest BCUT2D eigenvalue weighted by molar-refractivity contribution is 5.07. The molecule has 0 aromatic carbocycles. The Morgan fingerprint density at radius 2 is 2.11 bits per heavy atom. The summed E-state index contributed by atoms with van der Waals surface area (Å²) in [4.78, 5) is 4.26. The highest BCUT2D eigenvalue weighted by Crippen LogP contribution is 2.07. The molecule has 2 N–H and O–H groups in total. The monoisotopic (exact) mass is 268 g/mol. The molecule has 5 heteroatoms. The van der Waals surface area contributed by atoms with Gasteiger partial charge in [0.2, 0.25) is 0 Å². The van der Waals surface area contributed by atoms with Gasteiger partial charge >= 0.3 is 0 Å². The van der Waals surface area contributed by atoms with E-state index in [0.717, 1.165) is 5.69 Å². The van der Waals surface area contributed by atoms with E-state index in [1.54, 1.807) is 13.3 Å². The van der Waals surface area contributed by atoms with Crippen LogP contribution in [-0.2, 0) is 9.47 Å². The lowest BCUT2D eigenvalue weighted by atomic mass is 10.2. The zero-order valence-corrected chi connectivity index (χ0v) is 11.9. The summed E-state index contributed by atoms with van der Waals surface area (Å²) in [5.41, 5.74) is 0.961. The van der Waals surface area contributed by atoms with Crippen molar-refractivity contribution in [1.29, 1.82) is 0 Å². The molecule has 0 saturated carbocycles. The van der Waals surface area contributed by atoms with E-state index in [1.165, 1.54) is 0 Å². The fraction of sp³-hybridized carbons (Fsp3) is 0.643.